The van der Waals surface area contributed by atoms with E-state index in [2.05, 4.69) is 0 Å². The van der Waals surface area contributed by atoms with Crippen LogP contribution in [0.15, 0.2) is 42.5 Å². The second-order valence-corrected chi connectivity index (χ2v) is 4.79. The van der Waals surface area contributed by atoms with E-state index in [4.69, 9.17) is 10.5 Å². The molecule has 2 rings (SSSR count). The second-order valence-electron chi connectivity index (χ2n) is 4.79. The smallest absolute Gasteiger partial charge is 0.337 e. The van der Waals surface area contributed by atoms with Crippen molar-refractivity contribution in [1.82, 2.24) is 0 Å². The molecular weight excluding hydrogens is 268 g/mol. The monoisotopic (exact) mass is 286 g/mol. The summed E-state index contributed by atoms with van der Waals surface area (Å²) in [6.45, 7) is 0.571. The number of benzene rings is 2. The highest BCUT2D eigenvalue weighted by molar-refractivity contribution is 5.95. The lowest BCUT2D eigenvalue weighted by molar-refractivity contribution is 0.0697. The number of hydrogen-bond donors (Lipinski definition) is 2. The van der Waals surface area contributed by atoms with Crippen LogP contribution in [0, 0.1) is 0 Å². The van der Waals surface area contributed by atoms with Gasteiger partial charge in [-0.15, -0.1) is 0 Å². The number of nitrogens with two attached hydrogens (primary N) is 1. The zero-order valence-electron chi connectivity index (χ0n) is 12.0. The fourth-order valence-electron chi connectivity index (χ4n) is 2.19. The van der Waals surface area contributed by atoms with Crippen molar-refractivity contribution in [1.29, 1.82) is 0 Å². The number of hydrogen-bond acceptors (Lipinski definition) is 4. The first kappa shape index (κ1) is 14.7. The molecule has 2 aromatic rings. The number of nitrogen functional groups attached to an aromatic ring is 1. The first-order valence-corrected chi connectivity index (χ1v) is 6.48. The van der Waals surface area contributed by atoms with E-state index in [0.717, 1.165) is 11.3 Å². The third-order valence-corrected chi connectivity index (χ3v) is 3.22. The average Bonchev–Trinajstić information content (AvgIpc) is 2.47. The fourth-order valence-corrected chi connectivity index (χ4v) is 2.19. The van der Waals surface area contributed by atoms with Gasteiger partial charge < -0.3 is 20.5 Å². The fraction of sp³-hybridized carbons (Fsp3) is 0.188. The Bertz CT molecular complexity index is 656. The third kappa shape index (κ3) is 3.45. The van der Waals surface area contributed by atoms with Crippen LogP contribution in [0.1, 0.15) is 15.9 Å². The van der Waals surface area contributed by atoms with E-state index < -0.39 is 5.97 Å². The molecule has 0 unspecified atom stereocenters. The van der Waals surface area contributed by atoms with E-state index in [-0.39, 0.29) is 5.56 Å². The molecular formula is C16H18N2O3. The Balaban J connectivity index is 2.27. The van der Waals surface area contributed by atoms with Gasteiger partial charge >= 0.3 is 5.97 Å². The van der Waals surface area contributed by atoms with Gasteiger partial charge in [0.15, 0.2) is 0 Å². The first-order valence-electron chi connectivity index (χ1n) is 6.48. The standard InChI is InChI=1S/C16H18N2O3/c1-18(10-11-4-3-5-13(8-11)21-2)15-7-6-12(17)9-14(15)16(19)20/h3-9H,10,17H2,1-2H3,(H,19,20). The van der Waals surface area contributed by atoms with Gasteiger partial charge in [0.05, 0.1) is 18.4 Å². The molecule has 2 aromatic carbocycles. The number of carboxylic acid groups (broad SMARTS) is 1. The molecule has 0 spiro atoms. The molecule has 0 fully saturated rings. The quantitative estimate of drug-likeness (QED) is 0.826. The average molecular weight is 286 g/mol. The summed E-state index contributed by atoms with van der Waals surface area (Å²) >= 11 is 0. The van der Waals surface area contributed by atoms with Crippen molar-refractivity contribution in [3.05, 3.63) is 53.6 Å². The number of rotatable bonds is 5. The molecule has 0 amide bonds. The maximum absolute atomic E-state index is 11.3. The van der Waals surface area contributed by atoms with Crippen LogP contribution in [0.5, 0.6) is 5.75 Å². The Labute approximate surface area is 123 Å². The highest BCUT2D eigenvalue weighted by Crippen LogP contribution is 2.24. The van der Waals surface area contributed by atoms with E-state index in [9.17, 15) is 9.90 Å². The van der Waals surface area contributed by atoms with Crippen LogP contribution in [0.3, 0.4) is 0 Å². The molecule has 3 N–H and O–H groups in total. The van der Waals surface area contributed by atoms with Gasteiger partial charge in [0.1, 0.15) is 5.75 Å². The van der Waals surface area contributed by atoms with Crippen LogP contribution in [0.25, 0.3) is 0 Å². The maximum Gasteiger partial charge on any atom is 0.337 e. The number of aromatic carboxylic acids is 1. The lowest BCUT2D eigenvalue weighted by Crippen LogP contribution is -2.19. The molecule has 0 aliphatic rings. The lowest BCUT2D eigenvalue weighted by Gasteiger charge is -2.22. The van der Waals surface area contributed by atoms with Crippen molar-refractivity contribution in [3.63, 3.8) is 0 Å². The summed E-state index contributed by atoms with van der Waals surface area (Å²) < 4.78 is 5.19. The molecule has 5 nitrogen and oxygen atoms in total. The van der Waals surface area contributed by atoms with Gasteiger partial charge in [-0.25, -0.2) is 4.79 Å². The molecule has 0 radical (unpaired) electrons. The predicted molar refractivity (Wildman–Crippen MR) is 82.9 cm³/mol. The Hall–Kier alpha value is -2.69. The van der Waals surface area contributed by atoms with E-state index in [1.165, 1.54) is 6.07 Å². The van der Waals surface area contributed by atoms with E-state index in [0.29, 0.717) is 17.9 Å². The zero-order chi connectivity index (χ0) is 15.4. The third-order valence-electron chi connectivity index (χ3n) is 3.22. The predicted octanol–water partition coefficient (Wildman–Crippen LogP) is 2.61. The van der Waals surface area contributed by atoms with E-state index in [1.807, 2.05) is 36.2 Å². The highest BCUT2D eigenvalue weighted by Gasteiger charge is 2.14. The van der Waals surface area contributed by atoms with Crippen LogP contribution < -0.4 is 15.4 Å². The first-order chi connectivity index (χ1) is 10.0. The van der Waals surface area contributed by atoms with Gasteiger partial charge in [-0.05, 0) is 35.9 Å². The van der Waals surface area contributed by atoms with Crippen LogP contribution in [0.2, 0.25) is 0 Å². The molecule has 0 bridgehead atoms. The Morgan fingerprint density at radius 2 is 2.05 bits per heavy atom. The maximum atomic E-state index is 11.3. The summed E-state index contributed by atoms with van der Waals surface area (Å²) in [6.07, 6.45) is 0. The molecule has 0 aromatic heterocycles. The van der Waals surface area contributed by atoms with Crippen molar-refractivity contribution in [2.75, 3.05) is 24.8 Å². The van der Waals surface area contributed by atoms with Crippen LogP contribution in [-0.4, -0.2) is 25.2 Å². The van der Waals surface area contributed by atoms with Gasteiger partial charge in [0.2, 0.25) is 0 Å². The Kier molecular flexibility index (Phi) is 4.33. The van der Waals surface area contributed by atoms with E-state index >= 15 is 0 Å². The minimum atomic E-state index is -0.991. The van der Waals surface area contributed by atoms with Crippen molar-refractivity contribution < 1.29 is 14.6 Å². The molecule has 0 aliphatic carbocycles. The summed E-state index contributed by atoms with van der Waals surface area (Å²) in [5, 5.41) is 9.29. The highest BCUT2D eigenvalue weighted by atomic mass is 16.5. The summed E-state index contributed by atoms with van der Waals surface area (Å²) in [5.41, 5.74) is 7.95. The van der Waals surface area contributed by atoms with Crippen LogP contribution >= 0.6 is 0 Å². The summed E-state index contributed by atoms with van der Waals surface area (Å²) in [7, 11) is 3.46. The Morgan fingerprint density at radius 1 is 1.29 bits per heavy atom. The van der Waals surface area contributed by atoms with Crippen molar-refractivity contribution >= 4 is 17.3 Å². The molecule has 0 heterocycles. The van der Waals surface area contributed by atoms with Crippen molar-refractivity contribution in [2.24, 2.45) is 0 Å². The number of methoxy groups -OCH3 is 1. The molecule has 0 aliphatic heterocycles. The topological polar surface area (TPSA) is 75.8 Å². The second kappa shape index (κ2) is 6.17. The number of anilines is 2. The van der Waals surface area contributed by atoms with E-state index in [1.54, 1.807) is 19.2 Å². The summed E-state index contributed by atoms with van der Waals surface area (Å²) in [4.78, 5) is 13.2. The zero-order valence-corrected chi connectivity index (χ0v) is 12.0. The van der Waals surface area contributed by atoms with Gasteiger partial charge in [0.25, 0.3) is 0 Å². The molecule has 21 heavy (non-hydrogen) atoms. The van der Waals surface area contributed by atoms with Gasteiger partial charge in [-0.1, -0.05) is 12.1 Å². The van der Waals surface area contributed by atoms with Crippen LogP contribution in [-0.2, 0) is 6.54 Å². The van der Waals surface area contributed by atoms with Crippen LogP contribution in [0.4, 0.5) is 11.4 Å². The number of nitrogens with zero attached hydrogens (tertiary/aromatic N) is 1. The summed E-state index contributed by atoms with van der Waals surface area (Å²) in [6, 6.07) is 12.6. The Morgan fingerprint density at radius 3 is 2.71 bits per heavy atom. The number of carbonyl (C=O) groups is 1. The normalized spacial score (nSPS) is 10.2. The summed E-state index contributed by atoms with van der Waals surface area (Å²) in [5.74, 6) is -0.216. The molecule has 0 saturated heterocycles. The van der Waals surface area contributed by atoms with Gasteiger partial charge in [-0.3, -0.25) is 0 Å². The van der Waals surface area contributed by atoms with Crippen molar-refractivity contribution in [2.45, 2.75) is 6.54 Å². The minimum absolute atomic E-state index is 0.195. The molecule has 0 atom stereocenters. The SMILES string of the molecule is COc1cccc(CN(C)c2ccc(N)cc2C(=O)O)c1. The lowest BCUT2D eigenvalue weighted by atomic mass is 10.1. The molecule has 0 saturated carbocycles. The molecule has 110 valence electrons. The van der Waals surface area contributed by atoms with Crippen molar-refractivity contribution in [3.8, 4) is 5.75 Å². The number of carboxylic acids is 1. The largest absolute Gasteiger partial charge is 0.497 e. The molecule has 5 heteroatoms. The van der Waals surface area contributed by atoms with Gasteiger partial charge in [0, 0.05) is 19.3 Å². The number of ether oxygens (including phenoxy) is 1. The minimum Gasteiger partial charge on any atom is -0.497 e. The van der Waals surface area contributed by atoms with Gasteiger partial charge in [-0.2, -0.15) is 0 Å².